The quantitative estimate of drug-likeness (QED) is 0.182. The first-order chi connectivity index (χ1) is 21.0. The van der Waals surface area contributed by atoms with Gasteiger partial charge in [-0.15, -0.1) is 0 Å². The Morgan fingerprint density at radius 3 is 1.91 bits per heavy atom. The summed E-state index contributed by atoms with van der Waals surface area (Å²) in [6.45, 7) is 6.93. The molecule has 4 aromatic rings. The number of carbonyl (C=O) groups excluding carboxylic acids is 1. The predicted molar refractivity (Wildman–Crippen MR) is 169 cm³/mol. The van der Waals surface area contributed by atoms with Crippen LogP contribution in [0.25, 0.3) is 0 Å². The van der Waals surface area contributed by atoms with Gasteiger partial charge in [-0.1, -0.05) is 104 Å². The lowest BCUT2D eigenvalue weighted by Gasteiger charge is -2.43. The van der Waals surface area contributed by atoms with Gasteiger partial charge < -0.3 is 25.2 Å². The van der Waals surface area contributed by atoms with E-state index in [1.807, 2.05) is 67.6 Å². The van der Waals surface area contributed by atoms with Gasteiger partial charge in [0.25, 0.3) is 0 Å². The number of nitrogens with one attached hydrogen (secondary N) is 2. The molecule has 0 bridgehead atoms. The summed E-state index contributed by atoms with van der Waals surface area (Å²) in [6.07, 6.45) is -0.917. The van der Waals surface area contributed by atoms with Crippen molar-refractivity contribution in [2.45, 2.75) is 52.0 Å². The van der Waals surface area contributed by atoms with E-state index in [0.717, 1.165) is 29.8 Å². The summed E-state index contributed by atoms with van der Waals surface area (Å²) >= 11 is 0. The molecule has 5 rings (SSSR count). The topological polar surface area (TPSA) is 83.1 Å². The second kappa shape index (κ2) is 14.9. The number of carbonyl (C=O) groups is 1. The molecule has 3 N–H and O–H groups in total. The van der Waals surface area contributed by atoms with Crippen molar-refractivity contribution in [1.82, 2.24) is 10.2 Å². The minimum absolute atomic E-state index is 0.000311. The molecule has 1 aliphatic rings. The van der Waals surface area contributed by atoms with E-state index in [1.165, 1.54) is 11.1 Å². The van der Waals surface area contributed by atoms with Gasteiger partial charge in [-0.2, -0.15) is 0 Å². The summed E-state index contributed by atoms with van der Waals surface area (Å²) in [5, 5.41) is 15.2. The lowest BCUT2D eigenvalue weighted by Crippen LogP contribution is -2.44. The Bertz CT molecular complexity index is 1370. The summed E-state index contributed by atoms with van der Waals surface area (Å²) < 4.78 is 13.4. The minimum atomic E-state index is -0.586. The first kappa shape index (κ1) is 30.4. The van der Waals surface area contributed by atoms with Gasteiger partial charge in [0.05, 0.1) is 18.8 Å². The number of urea groups is 1. The van der Waals surface area contributed by atoms with Crippen molar-refractivity contribution >= 4 is 11.7 Å². The number of benzene rings is 4. The number of amides is 2. The third-order valence-electron chi connectivity index (χ3n) is 7.84. The number of aliphatic hydroxyl groups is 1. The van der Waals surface area contributed by atoms with Gasteiger partial charge in [0.1, 0.15) is 0 Å². The smallest absolute Gasteiger partial charge is 0.319 e. The van der Waals surface area contributed by atoms with Crippen LogP contribution in [0.2, 0.25) is 0 Å². The second-order valence-corrected chi connectivity index (χ2v) is 11.1. The molecular formula is C36H41N3O4. The largest absolute Gasteiger partial charge is 0.392 e. The molecule has 7 nitrogen and oxygen atoms in total. The molecule has 2 amide bonds. The zero-order valence-electron chi connectivity index (χ0n) is 24.9. The van der Waals surface area contributed by atoms with Gasteiger partial charge in [0, 0.05) is 43.3 Å². The molecule has 0 saturated carbocycles. The Hall–Kier alpha value is -4.01. The Kier molecular flexibility index (Phi) is 10.6. The zero-order chi connectivity index (χ0) is 30.0. The van der Waals surface area contributed by atoms with Crippen LogP contribution in [0.4, 0.5) is 10.5 Å². The number of ether oxygens (including phenoxy) is 2. The Labute approximate surface area is 254 Å². The molecule has 7 heteroatoms. The van der Waals surface area contributed by atoms with Gasteiger partial charge >= 0.3 is 6.03 Å². The Morgan fingerprint density at radius 1 is 0.767 bits per heavy atom. The maximum absolute atomic E-state index is 12.0. The number of anilines is 1. The van der Waals surface area contributed by atoms with Crippen LogP contribution in [0, 0.1) is 5.92 Å². The van der Waals surface area contributed by atoms with E-state index in [9.17, 15) is 9.90 Å². The van der Waals surface area contributed by atoms with E-state index in [0.29, 0.717) is 18.8 Å². The van der Waals surface area contributed by atoms with Crippen LogP contribution in [-0.4, -0.2) is 35.2 Å². The number of nitrogens with zero attached hydrogens (tertiary/aromatic N) is 1. The van der Waals surface area contributed by atoms with Crippen molar-refractivity contribution in [3.63, 3.8) is 0 Å². The molecule has 43 heavy (non-hydrogen) atoms. The highest BCUT2D eigenvalue weighted by molar-refractivity contribution is 5.89. The van der Waals surface area contributed by atoms with Gasteiger partial charge in [0.15, 0.2) is 6.29 Å². The van der Waals surface area contributed by atoms with Crippen LogP contribution >= 0.6 is 0 Å². The average Bonchev–Trinajstić information content (AvgIpc) is 3.03. The molecular weight excluding hydrogens is 538 g/mol. The van der Waals surface area contributed by atoms with E-state index in [2.05, 4.69) is 71.0 Å². The van der Waals surface area contributed by atoms with E-state index < -0.39 is 6.29 Å². The SMILES string of the molecule is CCNC(=O)Nc1ccc([C@H]2O[C@@H](CN(Cc3ccccc3)Cc3ccccc3)[C@@H](C)[C@@H](c3ccc(CO)cc3)O2)cc1. The maximum Gasteiger partial charge on any atom is 0.319 e. The highest BCUT2D eigenvalue weighted by Gasteiger charge is 2.39. The predicted octanol–water partition coefficient (Wildman–Crippen LogP) is 6.81. The number of hydrogen-bond donors (Lipinski definition) is 3. The first-order valence-electron chi connectivity index (χ1n) is 15.0. The van der Waals surface area contributed by atoms with Crippen LogP contribution in [0.3, 0.4) is 0 Å². The average molecular weight is 580 g/mol. The van der Waals surface area contributed by atoms with E-state index in [1.54, 1.807) is 0 Å². The summed E-state index contributed by atoms with van der Waals surface area (Å²) in [7, 11) is 0. The monoisotopic (exact) mass is 579 g/mol. The first-order valence-corrected chi connectivity index (χ1v) is 15.0. The van der Waals surface area contributed by atoms with Crippen LogP contribution < -0.4 is 10.6 Å². The molecule has 0 spiro atoms. The molecule has 0 radical (unpaired) electrons. The van der Waals surface area contributed by atoms with Crippen molar-refractivity contribution in [2.75, 3.05) is 18.4 Å². The Balaban J connectivity index is 1.41. The van der Waals surface area contributed by atoms with E-state index in [4.69, 9.17) is 9.47 Å². The van der Waals surface area contributed by atoms with E-state index in [-0.39, 0.29) is 30.8 Å². The lowest BCUT2D eigenvalue weighted by molar-refractivity contribution is -0.276. The minimum Gasteiger partial charge on any atom is -0.392 e. The Morgan fingerprint density at radius 2 is 1.35 bits per heavy atom. The van der Waals surface area contributed by atoms with Crippen LogP contribution in [0.5, 0.6) is 0 Å². The number of rotatable bonds is 11. The van der Waals surface area contributed by atoms with E-state index >= 15 is 0 Å². The molecule has 0 aliphatic carbocycles. The van der Waals surface area contributed by atoms with Crippen molar-refractivity contribution in [1.29, 1.82) is 0 Å². The molecule has 224 valence electrons. The molecule has 1 heterocycles. The molecule has 4 atom stereocenters. The summed E-state index contributed by atoms with van der Waals surface area (Å²) in [6, 6.07) is 36.4. The fourth-order valence-electron chi connectivity index (χ4n) is 5.51. The van der Waals surface area contributed by atoms with Crippen LogP contribution in [0.1, 0.15) is 54.1 Å². The van der Waals surface area contributed by atoms with Gasteiger partial charge in [-0.05, 0) is 41.3 Å². The standard InChI is InChI=1S/C36H41N3O4/c1-3-37-36(41)38-32-20-18-31(19-21-32)35-42-33(26(2)34(43-35)30-16-14-29(25-40)15-17-30)24-39(22-27-10-6-4-7-11-27)23-28-12-8-5-9-13-28/h4-21,26,33-35,40H,3,22-25H2,1-2H3,(H2,37,38,41)/t26-,33+,34+,35+/m1/s1. The van der Waals surface area contributed by atoms with Gasteiger partial charge in [-0.25, -0.2) is 4.79 Å². The van der Waals surface area contributed by atoms with Crippen molar-refractivity contribution in [2.24, 2.45) is 5.92 Å². The highest BCUT2D eigenvalue weighted by atomic mass is 16.7. The fourth-order valence-corrected chi connectivity index (χ4v) is 5.51. The molecule has 1 aliphatic heterocycles. The number of aliphatic hydroxyl groups excluding tert-OH is 1. The third kappa shape index (κ3) is 8.30. The maximum atomic E-state index is 12.0. The fraction of sp³-hybridized carbons (Fsp3) is 0.306. The highest BCUT2D eigenvalue weighted by Crippen LogP contribution is 2.42. The van der Waals surface area contributed by atoms with Crippen LogP contribution in [-0.2, 0) is 29.2 Å². The van der Waals surface area contributed by atoms with Crippen molar-refractivity contribution in [3.8, 4) is 0 Å². The third-order valence-corrected chi connectivity index (χ3v) is 7.84. The number of hydrogen-bond acceptors (Lipinski definition) is 5. The van der Waals surface area contributed by atoms with Crippen molar-refractivity contribution in [3.05, 3.63) is 137 Å². The molecule has 0 aromatic heterocycles. The summed E-state index contributed by atoms with van der Waals surface area (Å²) in [5.41, 5.74) is 6.00. The molecule has 0 unspecified atom stereocenters. The second-order valence-electron chi connectivity index (χ2n) is 11.1. The molecule has 1 saturated heterocycles. The lowest BCUT2D eigenvalue weighted by atomic mass is 9.89. The molecule has 1 fully saturated rings. The van der Waals surface area contributed by atoms with Gasteiger partial charge in [0.2, 0.25) is 0 Å². The zero-order valence-corrected chi connectivity index (χ0v) is 24.9. The van der Waals surface area contributed by atoms with Crippen molar-refractivity contribution < 1.29 is 19.4 Å². The van der Waals surface area contributed by atoms with Gasteiger partial charge in [-0.3, -0.25) is 4.90 Å². The normalized spacial score (nSPS) is 20.1. The summed E-state index contributed by atoms with van der Waals surface area (Å²) in [4.78, 5) is 14.4. The van der Waals surface area contributed by atoms with Crippen LogP contribution in [0.15, 0.2) is 109 Å². The summed E-state index contributed by atoms with van der Waals surface area (Å²) in [5.74, 6) is 0.0592. The molecule has 4 aromatic carbocycles.